The Morgan fingerprint density at radius 3 is 2.58 bits per heavy atom. The van der Waals surface area contributed by atoms with Crippen LogP contribution >= 0.6 is 23.1 Å². The van der Waals surface area contributed by atoms with Crippen LogP contribution in [0.5, 0.6) is 17.2 Å². The minimum absolute atomic E-state index is 0.00216. The number of fused-ring (bicyclic) bond motifs is 2. The van der Waals surface area contributed by atoms with Gasteiger partial charge in [-0.25, -0.2) is 0 Å². The van der Waals surface area contributed by atoms with E-state index in [9.17, 15) is 14.7 Å². The summed E-state index contributed by atoms with van der Waals surface area (Å²) in [6, 6.07) is 33.8. The van der Waals surface area contributed by atoms with Crippen LogP contribution in [0.25, 0.3) is 16.5 Å². The molecule has 1 N–H and O–H groups in total. The summed E-state index contributed by atoms with van der Waals surface area (Å²) in [5.41, 5.74) is 3.97. The molecule has 2 unspecified atom stereocenters. The molecular formula is C42H35N3O6S2. The van der Waals surface area contributed by atoms with Gasteiger partial charge in [-0.2, -0.15) is 0 Å². The van der Waals surface area contributed by atoms with Gasteiger partial charge in [0.1, 0.15) is 24.2 Å². The highest BCUT2D eigenvalue weighted by atomic mass is 32.2. The molecule has 0 bridgehead atoms. The Bertz CT molecular complexity index is 2370. The second-order valence-electron chi connectivity index (χ2n) is 12.8. The SMILES string of the molecule is CCOc1cc(C2/C(=C(/O)c3ccc4c(c3)CC(C)O4)C(=O)C(=O)N2c2nnc(SCc3cccc4ccccc34)s2)ccc1OCc1ccccc1. The number of rotatable bonds is 11. The van der Waals surface area contributed by atoms with Gasteiger partial charge < -0.3 is 19.3 Å². The number of hydrogen-bond acceptors (Lipinski definition) is 10. The molecule has 266 valence electrons. The van der Waals surface area contributed by atoms with Crippen LogP contribution in [-0.4, -0.2) is 39.7 Å². The molecule has 0 saturated carbocycles. The number of benzene rings is 5. The van der Waals surface area contributed by atoms with Crippen molar-refractivity contribution < 1.29 is 28.9 Å². The molecule has 5 aromatic carbocycles. The summed E-state index contributed by atoms with van der Waals surface area (Å²) in [5, 5.41) is 23.3. The third-order valence-corrected chi connectivity index (χ3v) is 11.4. The van der Waals surface area contributed by atoms with Crippen LogP contribution in [0, 0.1) is 0 Å². The number of carbonyl (C=O) groups is 2. The van der Waals surface area contributed by atoms with Gasteiger partial charge in [0.15, 0.2) is 15.8 Å². The predicted octanol–water partition coefficient (Wildman–Crippen LogP) is 8.91. The lowest BCUT2D eigenvalue weighted by molar-refractivity contribution is -0.132. The average Bonchev–Trinajstić information content (AvgIpc) is 3.88. The zero-order valence-corrected chi connectivity index (χ0v) is 30.7. The molecule has 0 aliphatic carbocycles. The molecule has 1 fully saturated rings. The van der Waals surface area contributed by atoms with Gasteiger partial charge in [0, 0.05) is 17.7 Å². The van der Waals surface area contributed by atoms with Crippen molar-refractivity contribution in [3.8, 4) is 17.2 Å². The van der Waals surface area contributed by atoms with Crippen LogP contribution < -0.4 is 19.1 Å². The first kappa shape index (κ1) is 34.4. The quantitative estimate of drug-likeness (QED) is 0.0458. The van der Waals surface area contributed by atoms with Gasteiger partial charge in [-0.05, 0) is 77.2 Å². The van der Waals surface area contributed by atoms with E-state index in [2.05, 4.69) is 34.5 Å². The number of anilines is 1. The van der Waals surface area contributed by atoms with E-state index in [1.165, 1.54) is 28.0 Å². The Morgan fingerprint density at radius 2 is 1.74 bits per heavy atom. The monoisotopic (exact) mass is 741 g/mol. The van der Waals surface area contributed by atoms with Crippen molar-refractivity contribution in [3.05, 3.63) is 143 Å². The maximum absolute atomic E-state index is 14.0. The Labute approximate surface area is 314 Å². The number of aliphatic hydroxyl groups excluding tert-OH is 1. The Hall–Kier alpha value is -5.65. The summed E-state index contributed by atoms with van der Waals surface area (Å²) < 4.78 is 18.7. The lowest BCUT2D eigenvalue weighted by Crippen LogP contribution is -2.29. The van der Waals surface area contributed by atoms with Gasteiger partial charge in [-0.3, -0.25) is 14.5 Å². The highest BCUT2D eigenvalue weighted by Gasteiger charge is 2.48. The van der Waals surface area contributed by atoms with Crippen LogP contribution in [0.2, 0.25) is 0 Å². The van der Waals surface area contributed by atoms with Crippen molar-refractivity contribution in [3.63, 3.8) is 0 Å². The number of ether oxygens (including phenoxy) is 3. The number of hydrogen-bond donors (Lipinski definition) is 1. The van der Waals surface area contributed by atoms with Gasteiger partial charge in [0.05, 0.1) is 18.2 Å². The number of aliphatic hydroxyl groups is 1. The van der Waals surface area contributed by atoms with Gasteiger partial charge in [-0.15, -0.1) is 10.2 Å². The van der Waals surface area contributed by atoms with E-state index >= 15 is 0 Å². The van der Waals surface area contributed by atoms with E-state index in [-0.39, 0.29) is 22.6 Å². The third-order valence-electron chi connectivity index (χ3n) is 9.27. The summed E-state index contributed by atoms with van der Waals surface area (Å²) in [7, 11) is 0. The molecule has 1 saturated heterocycles. The Morgan fingerprint density at radius 1 is 0.925 bits per heavy atom. The molecule has 3 heterocycles. The van der Waals surface area contributed by atoms with Crippen LogP contribution in [0.15, 0.2) is 119 Å². The van der Waals surface area contributed by atoms with Gasteiger partial charge in [0.25, 0.3) is 5.78 Å². The molecule has 9 nitrogen and oxygen atoms in total. The van der Waals surface area contributed by atoms with E-state index in [4.69, 9.17) is 14.2 Å². The maximum atomic E-state index is 14.0. The fraction of sp³-hybridized carbons (Fsp3) is 0.190. The number of thioether (sulfide) groups is 1. The number of aromatic nitrogens is 2. The van der Waals surface area contributed by atoms with Crippen LogP contribution in [0.1, 0.15) is 47.7 Å². The average molecular weight is 742 g/mol. The van der Waals surface area contributed by atoms with E-state index < -0.39 is 17.7 Å². The van der Waals surface area contributed by atoms with E-state index in [1.807, 2.05) is 68.4 Å². The molecule has 2 aliphatic rings. The topological polar surface area (TPSA) is 111 Å². The van der Waals surface area contributed by atoms with Crippen molar-refractivity contribution >= 4 is 56.5 Å². The van der Waals surface area contributed by atoms with E-state index in [1.54, 1.807) is 30.3 Å². The van der Waals surface area contributed by atoms with Crippen molar-refractivity contribution in [2.24, 2.45) is 0 Å². The van der Waals surface area contributed by atoms with Crippen LogP contribution in [0.4, 0.5) is 5.13 Å². The summed E-state index contributed by atoms with van der Waals surface area (Å²) in [6.45, 7) is 4.53. The molecule has 6 aromatic rings. The summed E-state index contributed by atoms with van der Waals surface area (Å²) in [6.07, 6.45) is 0.665. The molecule has 2 atom stereocenters. The van der Waals surface area contributed by atoms with Gasteiger partial charge in [0.2, 0.25) is 5.13 Å². The molecule has 2 aliphatic heterocycles. The number of nitrogens with zero attached hydrogens (tertiary/aromatic N) is 3. The second kappa shape index (κ2) is 14.8. The molecule has 0 radical (unpaired) electrons. The fourth-order valence-corrected chi connectivity index (χ4v) is 8.68. The Balaban J connectivity index is 1.17. The summed E-state index contributed by atoms with van der Waals surface area (Å²) in [4.78, 5) is 29.4. The van der Waals surface area contributed by atoms with E-state index in [0.29, 0.717) is 52.4 Å². The molecular weight excluding hydrogens is 707 g/mol. The zero-order valence-electron chi connectivity index (χ0n) is 29.0. The second-order valence-corrected chi connectivity index (χ2v) is 15.0. The highest BCUT2D eigenvalue weighted by Crippen LogP contribution is 2.46. The molecule has 11 heteroatoms. The standard InChI is InChI=1S/C42H35N3O6S2/c1-3-49-35-22-28(16-19-34(35)50-23-26-10-5-4-6-11-26)37-36(38(46)29-17-18-33-31(21-29)20-25(2)51-33)39(47)40(48)45(37)41-43-44-42(53-41)52-24-30-14-9-13-27-12-7-8-15-32(27)30/h4-19,21-22,25,37,46H,3,20,23-24H2,1-2H3/b38-36-. The third kappa shape index (κ3) is 6.85. The lowest BCUT2D eigenvalue weighted by Gasteiger charge is -2.24. The molecule has 8 rings (SSSR count). The van der Waals surface area contributed by atoms with Crippen molar-refractivity contribution in [1.29, 1.82) is 0 Å². The number of Topliss-reactive ketones (excluding diaryl/α,β-unsaturated/α-hetero) is 1. The van der Waals surface area contributed by atoms with Gasteiger partial charge in [-0.1, -0.05) is 102 Å². The zero-order chi connectivity index (χ0) is 36.5. The normalized spacial score (nSPS) is 17.6. The summed E-state index contributed by atoms with van der Waals surface area (Å²) in [5.74, 6) is 0.419. The first-order valence-electron chi connectivity index (χ1n) is 17.3. The molecule has 1 aromatic heterocycles. The van der Waals surface area contributed by atoms with E-state index in [0.717, 1.165) is 33.2 Å². The fourth-order valence-electron chi connectivity index (χ4n) is 6.80. The number of ketones is 1. The molecule has 53 heavy (non-hydrogen) atoms. The largest absolute Gasteiger partial charge is 0.507 e. The predicted molar refractivity (Wildman–Crippen MR) is 207 cm³/mol. The van der Waals surface area contributed by atoms with Gasteiger partial charge >= 0.3 is 5.91 Å². The minimum Gasteiger partial charge on any atom is -0.507 e. The van der Waals surface area contributed by atoms with Crippen LogP contribution in [0.3, 0.4) is 0 Å². The van der Waals surface area contributed by atoms with Crippen molar-refractivity contribution in [2.75, 3.05) is 11.5 Å². The molecule has 0 spiro atoms. The highest BCUT2D eigenvalue weighted by molar-refractivity contribution is 8.00. The number of amides is 1. The minimum atomic E-state index is -1.02. The summed E-state index contributed by atoms with van der Waals surface area (Å²) >= 11 is 2.73. The van der Waals surface area contributed by atoms with Crippen molar-refractivity contribution in [2.45, 2.75) is 49.1 Å². The lowest BCUT2D eigenvalue weighted by atomic mass is 9.94. The number of carbonyl (C=O) groups excluding carboxylic acids is 2. The maximum Gasteiger partial charge on any atom is 0.301 e. The Kier molecular flexibility index (Phi) is 9.59. The first-order chi connectivity index (χ1) is 25.9. The molecule has 1 amide bonds. The van der Waals surface area contributed by atoms with Crippen LogP contribution in [-0.2, 0) is 28.4 Å². The van der Waals surface area contributed by atoms with Crippen molar-refractivity contribution in [1.82, 2.24) is 10.2 Å². The smallest absolute Gasteiger partial charge is 0.301 e. The first-order valence-corrected chi connectivity index (χ1v) is 19.2.